The Bertz CT molecular complexity index is 375. The SMILES string of the molecule is CCC(CCCn1cc(Br)cn1)(NC)C(=O)O. The molecule has 1 atom stereocenters. The molecule has 0 aliphatic carbocycles. The van der Waals surface area contributed by atoms with Crippen LogP contribution in [-0.2, 0) is 11.3 Å². The zero-order chi connectivity index (χ0) is 12.9. The van der Waals surface area contributed by atoms with Crippen LogP contribution in [0.4, 0.5) is 0 Å². The lowest BCUT2D eigenvalue weighted by atomic mass is 9.90. The van der Waals surface area contributed by atoms with Gasteiger partial charge in [-0.15, -0.1) is 0 Å². The van der Waals surface area contributed by atoms with Crippen LogP contribution in [0.5, 0.6) is 0 Å². The summed E-state index contributed by atoms with van der Waals surface area (Å²) in [5.41, 5.74) is -0.815. The third-order valence-electron chi connectivity index (χ3n) is 3.08. The van der Waals surface area contributed by atoms with E-state index < -0.39 is 11.5 Å². The third-order valence-corrected chi connectivity index (χ3v) is 3.49. The average molecular weight is 304 g/mol. The first-order valence-corrected chi connectivity index (χ1v) is 6.43. The molecule has 0 fully saturated rings. The number of aryl methyl sites for hydroxylation is 1. The summed E-state index contributed by atoms with van der Waals surface area (Å²) in [6.07, 6.45) is 5.54. The maximum atomic E-state index is 11.2. The molecule has 1 unspecified atom stereocenters. The van der Waals surface area contributed by atoms with Crippen molar-refractivity contribution >= 4 is 21.9 Å². The Morgan fingerprint density at radius 2 is 2.41 bits per heavy atom. The molecular weight excluding hydrogens is 286 g/mol. The van der Waals surface area contributed by atoms with Gasteiger partial charge in [0.05, 0.1) is 10.7 Å². The van der Waals surface area contributed by atoms with Crippen LogP contribution >= 0.6 is 15.9 Å². The van der Waals surface area contributed by atoms with Crippen LogP contribution < -0.4 is 5.32 Å². The number of likely N-dealkylation sites (N-methyl/N-ethyl adjacent to an activating group) is 1. The van der Waals surface area contributed by atoms with Crippen molar-refractivity contribution in [1.82, 2.24) is 15.1 Å². The van der Waals surface area contributed by atoms with Gasteiger partial charge in [0.25, 0.3) is 0 Å². The molecule has 0 saturated heterocycles. The van der Waals surface area contributed by atoms with E-state index in [1.165, 1.54) is 0 Å². The van der Waals surface area contributed by atoms with Crippen molar-refractivity contribution in [2.45, 2.75) is 38.3 Å². The van der Waals surface area contributed by atoms with Gasteiger partial charge < -0.3 is 10.4 Å². The van der Waals surface area contributed by atoms with E-state index >= 15 is 0 Å². The van der Waals surface area contributed by atoms with Crippen molar-refractivity contribution < 1.29 is 9.90 Å². The van der Waals surface area contributed by atoms with E-state index in [2.05, 4.69) is 26.3 Å². The summed E-state index contributed by atoms with van der Waals surface area (Å²) in [4.78, 5) is 11.2. The number of hydrogen-bond acceptors (Lipinski definition) is 3. The summed E-state index contributed by atoms with van der Waals surface area (Å²) in [7, 11) is 1.70. The van der Waals surface area contributed by atoms with E-state index in [0.717, 1.165) is 17.4 Å². The standard InChI is InChI=1S/C11H18BrN3O2/c1-3-11(13-2,10(16)17)5-4-6-15-8-9(12)7-14-15/h7-8,13H,3-6H2,1-2H3,(H,16,17). The largest absolute Gasteiger partial charge is 0.480 e. The Kier molecular flexibility index (Phi) is 5.14. The summed E-state index contributed by atoms with van der Waals surface area (Å²) < 4.78 is 2.74. The Hall–Kier alpha value is -0.880. The highest BCUT2D eigenvalue weighted by molar-refractivity contribution is 9.10. The topological polar surface area (TPSA) is 67.2 Å². The molecule has 17 heavy (non-hydrogen) atoms. The third kappa shape index (κ3) is 3.54. The van der Waals surface area contributed by atoms with Gasteiger partial charge in [-0.05, 0) is 42.2 Å². The lowest BCUT2D eigenvalue weighted by Gasteiger charge is -2.27. The Morgan fingerprint density at radius 1 is 1.71 bits per heavy atom. The van der Waals surface area contributed by atoms with Gasteiger partial charge in [-0.2, -0.15) is 5.10 Å². The Labute approximate surface area is 109 Å². The van der Waals surface area contributed by atoms with Crippen LogP contribution in [0, 0.1) is 0 Å². The van der Waals surface area contributed by atoms with Crippen molar-refractivity contribution in [3.63, 3.8) is 0 Å². The number of hydrogen-bond donors (Lipinski definition) is 2. The summed E-state index contributed by atoms with van der Waals surface area (Å²) in [6, 6.07) is 0. The molecule has 1 rings (SSSR count). The Balaban J connectivity index is 2.50. The molecule has 0 saturated carbocycles. The molecule has 0 aliphatic heterocycles. The van der Waals surface area contributed by atoms with Gasteiger partial charge in [0, 0.05) is 12.7 Å². The number of carboxylic acids is 1. The smallest absolute Gasteiger partial charge is 0.323 e. The molecule has 0 spiro atoms. The van der Waals surface area contributed by atoms with Gasteiger partial charge in [-0.25, -0.2) is 0 Å². The summed E-state index contributed by atoms with van der Waals surface area (Å²) in [5, 5.41) is 16.3. The zero-order valence-electron chi connectivity index (χ0n) is 10.1. The minimum Gasteiger partial charge on any atom is -0.480 e. The second-order valence-corrected chi connectivity index (χ2v) is 4.93. The molecule has 1 heterocycles. The first kappa shape index (κ1) is 14.2. The number of nitrogens with zero attached hydrogens (tertiary/aromatic N) is 2. The van der Waals surface area contributed by atoms with Crippen molar-refractivity contribution in [2.75, 3.05) is 7.05 Å². The van der Waals surface area contributed by atoms with Crippen LogP contribution in [0.15, 0.2) is 16.9 Å². The van der Waals surface area contributed by atoms with Crippen molar-refractivity contribution in [2.24, 2.45) is 0 Å². The van der Waals surface area contributed by atoms with Crippen LogP contribution in [-0.4, -0.2) is 33.4 Å². The molecular formula is C11H18BrN3O2. The van der Waals surface area contributed by atoms with Crippen LogP contribution in [0.1, 0.15) is 26.2 Å². The summed E-state index contributed by atoms with van der Waals surface area (Å²) in [5.74, 6) is -0.788. The first-order valence-electron chi connectivity index (χ1n) is 5.64. The van der Waals surface area contributed by atoms with E-state index in [4.69, 9.17) is 0 Å². The van der Waals surface area contributed by atoms with Gasteiger partial charge in [-0.1, -0.05) is 6.92 Å². The van der Waals surface area contributed by atoms with E-state index in [-0.39, 0.29) is 0 Å². The van der Waals surface area contributed by atoms with Gasteiger partial charge >= 0.3 is 5.97 Å². The van der Waals surface area contributed by atoms with E-state index in [9.17, 15) is 9.90 Å². The number of aliphatic carboxylic acids is 1. The lowest BCUT2D eigenvalue weighted by Crippen LogP contribution is -2.49. The van der Waals surface area contributed by atoms with E-state index in [1.54, 1.807) is 13.2 Å². The molecule has 0 bridgehead atoms. The molecule has 6 heteroatoms. The molecule has 1 aromatic rings. The molecule has 0 aliphatic rings. The predicted octanol–water partition coefficient (Wildman–Crippen LogP) is 1.88. The van der Waals surface area contributed by atoms with Crippen LogP contribution in [0.25, 0.3) is 0 Å². The van der Waals surface area contributed by atoms with Crippen LogP contribution in [0.3, 0.4) is 0 Å². The molecule has 5 nitrogen and oxygen atoms in total. The second kappa shape index (κ2) is 6.16. The van der Waals surface area contributed by atoms with Gasteiger partial charge in [-0.3, -0.25) is 9.48 Å². The van der Waals surface area contributed by atoms with Crippen molar-refractivity contribution in [1.29, 1.82) is 0 Å². The average Bonchev–Trinajstić information content (AvgIpc) is 2.70. The minimum absolute atomic E-state index is 0.571. The van der Waals surface area contributed by atoms with Crippen LogP contribution in [0.2, 0.25) is 0 Å². The fourth-order valence-corrected chi connectivity index (χ4v) is 2.18. The highest BCUT2D eigenvalue weighted by atomic mass is 79.9. The predicted molar refractivity (Wildman–Crippen MR) is 68.9 cm³/mol. The maximum Gasteiger partial charge on any atom is 0.323 e. The lowest BCUT2D eigenvalue weighted by molar-refractivity contribution is -0.145. The molecule has 0 amide bonds. The molecule has 0 aromatic carbocycles. The molecule has 1 aromatic heterocycles. The van der Waals surface area contributed by atoms with Gasteiger partial charge in [0.2, 0.25) is 0 Å². The monoisotopic (exact) mass is 303 g/mol. The fraction of sp³-hybridized carbons (Fsp3) is 0.636. The summed E-state index contributed by atoms with van der Waals surface area (Å²) in [6.45, 7) is 2.61. The maximum absolute atomic E-state index is 11.2. The Morgan fingerprint density at radius 3 is 2.82 bits per heavy atom. The van der Waals surface area contributed by atoms with Crippen molar-refractivity contribution in [3.05, 3.63) is 16.9 Å². The number of carboxylic acid groups (broad SMARTS) is 1. The van der Waals surface area contributed by atoms with Gasteiger partial charge in [0.1, 0.15) is 5.54 Å². The highest BCUT2D eigenvalue weighted by Gasteiger charge is 2.34. The fourth-order valence-electron chi connectivity index (χ4n) is 1.85. The number of nitrogens with one attached hydrogen (secondary N) is 1. The quantitative estimate of drug-likeness (QED) is 0.807. The molecule has 96 valence electrons. The normalized spacial score (nSPS) is 14.5. The number of rotatable bonds is 7. The summed E-state index contributed by atoms with van der Waals surface area (Å²) >= 11 is 3.32. The van der Waals surface area contributed by atoms with Gasteiger partial charge in [0.15, 0.2) is 0 Å². The second-order valence-electron chi connectivity index (χ2n) is 4.02. The molecule has 2 N–H and O–H groups in total. The van der Waals surface area contributed by atoms with E-state index in [1.807, 2.05) is 17.8 Å². The first-order chi connectivity index (χ1) is 8.04. The number of carbonyl (C=O) groups is 1. The number of halogens is 1. The molecule has 0 radical (unpaired) electrons. The van der Waals surface area contributed by atoms with E-state index in [0.29, 0.717) is 12.8 Å². The highest BCUT2D eigenvalue weighted by Crippen LogP contribution is 2.18. The minimum atomic E-state index is -0.815. The van der Waals surface area contributed by atoms with Crippen molar-refractivity contribution in [3.8, 4) is 0 Å². The number of aromatic nitrogens is 2. The zero-order valence-corrected chi connectivity index (χ0v) is 11.7.